The summed E-state index contributed by atoms with van der Waals surface area (Å²) >= 11 is 0. The lowest BCUT2D eigenvalue weighted by atomic mass is 10.3. The fraction of sp³-hybridized carbons (Fsp3) is 0.100. The number of rotatable bonds is 4. The number of H-pyrrole nitrogens is 1. The van der Waals surface area contributed by atoms with Crippen molar-refractivity contribution in [1.82, 2.24) is 14.7 Å². The Balaban J connectivity index is 2.29. The number of hydrogen-bond donors (Lipinski definition) is 3. The summed E-state index contributed by atoms with van der Waals surface area (Å²) in [5.41, 5.74) is 5.02. The molecule has 0 spiro atoms. The predicted molar refractivity (Wildman–Crippen MR) is 63.4 cm³/mol. The van der Waals surface area contributed by atoms with Gasteiger partial charge in [0.25, 0.3) is 0 Å². The van der Waals surface area contributed by atoms with Crippen molar-refractivity contribution in [2.75, 3.05) is 5.73 Å². The molecule has 4 N–H and O–H groups in total. The van der Waals surface area contributed by atoms with Crippen LogP contribution in [-0.2, 0) is 16.6 Å². The second-order valence-corrected chi connectivity index (χ2v) is 5.38. The van der Waals surface area contributed by atoms with Gasteiger partial charge in [0.15, 0.2) is 4.90 Å². The minimum absolute atomic E-state index is 0.194. The Hall–Kier alpha value is -2.00. The van der Waals surface area contributed by atoms with Crippen molar-refractivity contribution in [3.63, 3.8) is 0 Å². The van der Waals surface area contributed by atoms with Crippen molar-refractivity contribution in [3.8, 4) is 0 Å². The van der Waals surface area contributed by atoms with E-state index >= 15 is 0 Å². The molecule has 2 aromatic rings. The van der Waals surface area contributed by atoms with Crippen LogP contribution >= 0.6 is 0 Å². The first-order valence-electron chi connectivity index (χ1n) is 5.12. The Kier molecular flexibility index (Phi) is 3.49. The lowest BCUT2D eigenvalue weighted by Crippen LogP contribution is -2.26. The van der Waals surface area contributed by atoms with Crippen LogP contribution in [0, 0.1) is 11.6 Å². The Labute approximate surface area is 107 Å². The fourth-order valence-corrected chi connectivity index (χ4v) is 2.57. The third kappa shape index (κ3) is 2.88. The van der Waals surface area contributed by atoms with Gasteiger partial charge in [-0.15, -0.1) is 0 Å². The van der Waals surface area contributed by atoms with Crippen molar-refractivity contribution < 1.29 is 17.2 Å². The molecule has 1 aromatic heterocycles. The molecule has 102 valence electrons. The number of aromatic amines is 1. The Morgan fingerprint density at radius 2 is 1.95 bits per heavy atom. The van der Waals surface area contributed by atoms with E-state index in [-0.39, 0.29) is 12.2 Å². The fourth-order valence-electron chi connectivity index (χ4n) is 1.47. The van der Waals surface area contributed by atoms with Crippen LogP contribution in [0.3, 0.4) is 0 Å². The zero-order valence-electron chi connectivity index (χ0n) is 9.52. The molecule has 0 aliphatic heterocycles. The molecule has 0 aliphatic rings. The minimum atomic E-state index is -4.33. The van der Waals surface area contributed by atoms with Crippen LogP contribution in [0.4, 0.5) is 14.5 Å². The molecule has 19 heavy (non-hydrogen) atoms. The van der Waals surface area contributed by atoms with E-state index in [0.717, 1.165) is 12.1 Å². The summed E-state index contributed by atoms with van der Waals surface area (Å²) in [7, 11) is -4.33. The van der Waals surface area contributed by atoms with Gasteiger partial charge in [-0.05, 0) is 12.1 Å². The molecule has 0 aliphatic carbocycles. The summed E-state index contributed by atoms with van der Waals surface area (Å²) < 4.78 is 52.7. The lowest BCUT2D eigenvalue weighted by Gasteiger charge is -2.08. The molecule has 1 aromatic carbocycles. The van der Waals surface area contributed by atoms with Crippen molar-refractivity contribution >= 4 is 15.7 Å². The van der Waals surface area contributed by atoms with Crippen molar-refractivity contribution in [2.45, 2.75) is 11.4 Å². The highest BCUT2D eigenvalue weighted by Crippen LogP contribution is 2.21. The average Bonchev–Trinajstić information content (AvgIpc) is 2.77. The van der Waals surface area contributed by atoms with Crippen LogP contribution in [0.5, 0.6) is 0 Å². The van der Waals surface area contributed by atoms with Gasteiger partial charge >= 0.3 is 0 Å². The van der Waals surface area contributed by atoms with E-state index < -0.39 is 26.6 Å². The second-order valence-electron chi connectivity index (χ2n) is 3.67. The largest absolute Gasteiger partial charge is 0.399 e. The van der Waals surface area contributed by atoms with Crippen molar-refractivity contribution in [1.29, 1.82) is 0 Å². The number of nitrogens with two attached hydrogens (primary N) is 1. The van der Waals surface area contributed by atoms with Crippen LogP contribution in [0.1, 0.15) is 5.82 Å². The third-order valence-electron chi connectivity index (χ3n) is 2.27. The number of nitrogen functional groups attached to an aromatic ring is 1. The summed E-state index contributed by atoms with van der Waals surface area (Å²) in [5.74, 6) is -2.17. The molecule has 0 radical (unpaired) electrons. The number of benzene rings is 1. The van der Waals surface area contributed by atoms with Gasteiger partial charge in [0.1, 0.15) is 17.5 Å². The topological polar surface area (TPSA) is 101 Å². The quantitative estimate of drug-likeness (QED) is 0.722. The van der Waals surface area contributed by atoms with Gasteiger partial charge in [0, 0.05) is 18.1 Å². The molecule has 0 amide bonds. The maximum atomic E-state index is 13.5. The van der Waals surface area contributed by atoms with Gasteiger partial charge in [0.2, 0.25) is 10.0 Å². The van der Waals surface area contributed by atoms with E-state index in [9.17, 15) is 17.2 Å². The first kappa shape index (κ1) is 13.4. The number of halogens is 2. The molecule has 6 nitrogen and oxygen atoms in total. The van der Waals surface area contributed by atoms with E-state index in [2.05, 4.69) is 9.97 Å². The first-order valence-corrected chi connectivity index (χ1v) is 6.61. The maximum absolute atomic E-state index is 13.5. The Morgan fingerprint density at radius 3 is 2.47 bits per heavy atom. The highest BCUT2D eigenvalue weighted by Gasteiger charge is 2.24. The van der Waals surface area contributed by atoms with Gasteiger partial charge in [-0.3, -0.25) is 0 Å². The Bertz CT molecular complexity index is 663. The van der Waals surface area contributed by atoms with Gasteiger partial charge in [-0.1, -0.05) is 0 Å². The molecule has 2 rings (SSSR count). The van der Waals surface area contributed by atoms with Crippen LogP contribution in [-0.4, -0.2) is 18.4 Å². The van der Waals surface area contributed by atoms with E-state index in [4.69, 9.17) is 5.73 Å². The predicted octanol–water partition coefficient (Wildman–Crippen LogP) is 0.749. The van der Waals surface area contributed by atoms with Gasteiger partial charge in [0.05, 0.1) is 6.54 Å². The first-order chi connectivity index (χ1) is 8.90. The Morgan fingerprint density at radius 1 is 1.32 bits per heavy atom. The molecule has 0 unspecified atom stereocenters. The summed E-state index contributed by atoms with van der Waals surface area (Å²) in [4.78, 5) is 5.37. The van der Waals surface area contributed by atoms with Crippen LogP contribution in [0.25, 0.3) is 0 Å². The smallest absolute Gasteiger partial charge is 0.246 e. The average molecular weight is 288 g/mol. The van der Waals surface area contributed by atoms with Crippen molar-refractivity contribution in [3.05, 3.63) is 42.0 Å². The van der Waals surface area contributed by atoms with Crippen LogP contribution < -0.4 is 10.5 Å². The molecule has 0 bridgehead atoms. The molecule has 0 atom stereocenters. The monoisotopic (exact) mass is 288 g/mol. The minimum Gasteiger partial charge on any atom is -0.399 e. The number of nitrogens with zero attached hydrogens (tertiary/aromatic N) is 1. The normalized spacial score (nSPS) is 11.7. The van der Waals surface area contributed by atoms with Gasteiger partial charge in [-0.2, -0.15) is 0 Å². The highest BCUT2D eigenvalue weighted by molar-refractivity contribution is 7.89. The molecule has 0 fully saturated rings. The van der Waals surface area contributed by atoms with Crippen LogP contribution in [0.15, 0.2) is 29.4 Å². The van der Waals surface area contributed by atoms with Gasteiger partial charge in [-0.25, -0.2) is 26.9 Å². The maximum Gasteiger partial charge on any atom is 0.246 e. The lowest BCUT2D eigenvalue weighted by molar-refractivity contribution is 0.514. The molecule has 1 heterocycles. The van der Waals surface area contributed by atoms with Crippen molar-refractivity contribution in [2.24, 2.45) is 0 Å². The zero-order valence-corrected chi connectivity index (χ0v) is 10.3. The second kappa shape index (κ2) is 4.94. The number of sulfonamides is 1. The number of hydrogen-bond acceptors (Lipinski definition) is 4. The summed E-state index contributed by atoms with van der Waals surface area (Å²) in [6.45, 7) is -0.210. The number of aromatic nitrogens is 2. The molecule has 0 saturated heterocycles. The molecular weight excluding hydrogens is 278 g/mol. The zero-order chi connectivity index (χ0) is 14.0. The molecular formula is C10H10F2N4O2S. The summed E-state index contributed by atoms with van der Waals surface area (Å²) in [6, 6.07) is 1.48. The molecule has 0 saturated carbocycles. The number of anilines is 1. The SMILES string of the molecule is Nc1cc(F)c(S(=O)(=O)NCc2ncc[nH]2)c(F)c1. The van der Waals surface area contributed by atoms with Gasteiger partial charge < -0.3 is 10.7 Å². The van der Waals surface area contributed by atoms with E-state index in [1.807, 2.05) is 4.72 Å². The highest BCUT2D eigenvalue weighted by atomic mass is 32.2. The number of nitrogens with one attached hydrogen (secondary N) is 2. The molecule has 9 heteroatoms. The van der Waals surface area contributed by atoms with E-state index in [1.54, 1.807) is 0 Å². The summed E-state index contributed by atoms with van der Waals surface area (Å²) in [6.07, 6.45) is 2.92. The third-order valence-corrected chi connectivity index (χ3v) is 3.73. The van der Waals surface area contributed by atoms with Crippen LogP contribution in [0.2, 0.25) is 0 Å². The standard InChI is InChI=1S/C10H10F2N4O2S/c11-7-3-6(13)4-8(12)10(7)19(17,18)16-5-9-14-1-2-15-9/h1-4,16H,5,13H2,(H,14,15). The van der Waals surface area contributed by atoms with E-state index in [0.29, 0.717) is 5.82 Å². The number of imidazole rings is 1. The van der Waals surface area contributed by atoms with E-state index in [1.165, 1.54) is 12.4 Å². The summed E-state index contributed by atoms with van der Waals surface area (Å²) in [5, 5.41) is 0.